The summed E-state index contributed by atoms with van der Waals surface area (Å²) in [5.41, 5.74) is 7.65. The van der Waals surface area contributed by atoms with Gasteiger partial charge in [-0.05, 0) is 48.4 Å². The van der Waals surface area contributed by atoms with Crippen LogP contribution in [-0.4, -0.2) is 32.7 Å². The van der Waals surface area contributed by atoms with Gasteiger partial charge in [0.25, 0.3) is 0 Å². The van der Waals surface area contributed by atoms with Crippen LogP contribution in [0.4, 0.5) is 16.2 Å². The van der Waals surface area contributed by atoms with Gasteiger partial charge >= 0.3 is 6.03 Å². The first kappa shape index (κ1) is 19.1. The van der Waals surface area contributed by atoms with E-state index in [0.717, 1.165) is 10.5 Å². The van der Waals surface area contributed by atoms with Crippen molar-refractivity contribution in [2.45, 2.75) is 13.3 Å². The normalized spacial score (nSPS) is 10.1. The van der Waals surface area contributed by atoms with Crippen molar-refractivity contribution in [3.63, 3.8) is 0 Å². The van der Waals surface area contributed by atoms with Crippen molar-refractivity contribution < 1.29 is 19.1 Å². The predicted octanol–water partition coefficient (Wildman–Crippen LogP) is 2.59. The second kappa shape index (κ2) is 8.75. The number of hydrogen-bond acceptors (Lipinski definition) is 5. The topological polar surface area (TPSA) is 93.9 Å². The molecular formula is C19H23N3O4. The maximum absolute atomic E-state index is 12.4. The van der Waals surface area contributed by atoms with Crippen molar-refractivity contribution in [1.29, 1.82) is 0 Å². The highest BCUT2D eigenvalue weighted by molar-refractivity contribution is 6.13. The SMILES string of the molecule is COc1ccc(CCNC(=O)N(C(C)=O)c2ccc(N)cc2)cc1OC. The van der Waals surface area contributed by atoms with Crippen LogP contribution in [0.15, 0.2) is 42.5 Å². The van der Waals surface area contributed by atoms with E-state index in [1.54, 1.807) is 38.5 Å². The molecule has 7 heteroatoms. The molecule has 0 saturated heterocycles. The van der Waals surface area contributed by atoms with Crippen LogP contribution in [0.1, 0.15) is 12.5 Å². The summed E-state index contributed by atoms with van der Waals surface area (Å²) in [6, 6.07) is 11.6. The Bertz CT molecular complexity index is 775. The minimum atomic E-state index is -0.484. The zero-order valence-electron chi connectivity index (χ0n) is 15.1. The molecule has 0 spiro atoms. The molecule has 2 rings (SSSR count). The van der Waals surface area contributed by atoms with Gasteiger partial charge in [-0.25, -0.2) is 9.69 Å². The third kappa shape index (κ3) is 4.66. The van der Waals surface area contributed by atoms with Gasteiger partial charge in [-0.1, -0.05) is 6.07 Å². The summed E-state index contributed by atoms with van der Waals surface area (Å²) in [6.45, 7) is 1.71. The Morgan fingerprint density at radius 3 is 2.27 bits per heavy atom. The van der Waals surface area contributed by atoms with Crippen molar-refractivity contribution >= 4 is 23.3 Å². The number of anilines is 2. The zero-order chi connectivity index (χ0) is 19.1. The number of rotatable bonds is 6. The van der Waals surface area contributed by atoms with Gasteiger partial charge in [-0.15, -0.1) is 0 Å². The standard InChI is InChI=1S/C19H23N3O4/c1-13(23)22(16-7-5-15(20)6-8-16)19(24)21-11-10-14-4-9-17(25-2)18(12-14)26-3/h4-9,12H,10-11,20H2,1-3H3,(H,21,24). The average molecular weight is 357 g/mol. The molecular weight excluding hydrogens is 334 g/mol. The van der Waals surface area contributed by atoms with Crippen LogP contribution in [0.3, 0.4) is 0 Å². The maximum atomic E-state index is 12.4. The number of ether oxygens (including phenoxy) is 2. The molecule has 0 heterocycles. The van der Waals surface area contributed by atoms with Gasteiger partial charge in [0.2, 0.25) is 5.91 Å². The first-order valence-corrected chi connectivity index (χ1v) is 8.11. The smallest absolute Gasteiger partial charge is 0.328 e. The molecule has 26 heavy (non-hydrogen) atoms. The Labute approximate surface area is 152 Å². The number of carbonyl (C=O) groups excluding carboxylic acids is 2. The van der Waals surface area contributed by atoms with E-state index in [0.29, 0.717) is 35.8 Å². The largest absolute Gasteiger partial charge is 0.493 e. The van der Waals surface area contributed by atoms with E-state index in [9.17, 15) is 9.59 Å². The fraction of sp³-hybridized carbons (Fsp3) is 0.263. The van der Waals surface area contributed by atoms with Crippen LogP contribution in [0, 0.1) is 0 Å². The lowest BCUT2D eigenvalue weighted by Crippen LogP contribution is -2.43. The van der Waals surface area contributed by atoms with Crippen LogP contribution in [-0.2, 0) is 11.2 Å². The number of methoxy groups -OCH3 is 2. The molecule has 0 aromatic heterocycles. The minimum absolute atomic E-state index is 0.368. The quantitative estimate of drug-likeness (QED) is 0.775. The number of hydrogen-bond donors (Lipinski definition) is 2. The summed E-state index contributed by atoms with van der Waals surface area (Å²) in [5, 5.41) is 2.75. The van der Waals surface area contributed by atoms with Gasteiger partial charge in [0.05, 0.1) is 19.9 Å². The number of imide groups is 1. The second-order valence-corrected chi connectivity index (χ2v) is 5.62. The Kier molecular flexibility index (Phi) is 6.43. The molecule has 0 aliphatic rings. The van der Waals surface area contributed by atoms with Crippen LogP contribution < -0.4 is 25.4 Å². The first-order chi connectivity index (χ1) is 12.5. The molecule has 0 aliphatic heterocycles. The maximum Gasteiger partial charge on any atom is 0.328 e. The highest BCUT2D eigenvalue weighted by Crippen LogP contribution is 2.27. The highest BCUT2D eigenvalue weighted by atomic mass is 16.5. The Morgan fingerprint density at radius 1 is 1.04 bits per heavy atom. The lowest BCUT2D eigenvalue weighted by Gasteiger charge is -2.20. The summed E-state index contributed by atoms with van der Waals surface area (Å²) in [5.74, 6) is 0.897. The highest BCUT2D eigenvalue weighted by Gasteiger charge is 2.19. The van der Waals surface area contributed by atoms with E-state index in [4.69, 9.17) is 15.2 Å². The van der Waals surface area contributed by atoms with E-state index >= 15 is 0 Å². The van der Waals surface area contributed by atoms with Crippen LogP contribution in [0.5, 0.6) is 11.5 Å². The minimum Gasteiger partial charge on any atom is -0.493 e. The third-order valence-corrected chi connectivity index (χ3v) is 3.81. The molecule has 0 bridgehead atoms. The lowest BCUT2D eigenvalue weighted by atomic mass is 10.1. The van der Waals surface area contributed by atoms with E-state index in [1.807, 2.05) is 18.2 Å². The van der Waals surface area contributed by atoms with Gasteiger partial charge in [0, 0.05) is 19.2 Å². The first-order valence-electron chi connectivity index (χ1n) is 8.11. The number of nitrogen functional groups attached to an aromatic ring is 1. The molecule has 2 aromatic carbocycles. The summed E-state index contributed by atoms with van der Waals surface area (Å²) in [6.07, 6.45) is 0.583. The van der Waals surface area contributed by atoms with Crippen molar-refractivity contribution in [3.05, 3.63) is 48.0 Å². The van der Waals surface area contributed by atoms with Gasteiger partial charge < -0.3 is 20.5 Å². The summed E-state index contributed by atoms with van der Waals surface area (Å²) < 4.78 is 10.5. The molecule has 2 aromatic rings. The summed E-state index contributed by atoms with van der Waals surface area (Å²) in [4.78, 5) is 25.3. The molecule has 0 fully saturated rings. The fourth-order valence-corrected chi connectivity index (χ4v) is 2.49. The number of amides is 3. The van der Waals surface area contributed by atoms with Crippen molar-refractivity contribution in [3.8, 4) is 11.5 Å². The van der Waals surface area contributed by atoms with Gasteiger partial charge in [-0.3, -0.25) is 4.79 Å². The van der Waals surface area contributed by atoms with Crippen LogP contribution >= 0.6 is 0 Å². The van der Waals surface area contributed by atoms with E-state index in [-0.39, 0.29) is 5.91 Å². The fourth-order valence-electron chi connectivity index (χ4n) is 2.49. The predicted molar refractivity (Wildman–Crippen MR) is 101 cm³/mol. The van der Waals surface area contributed by atoms with Crippen molar-refractivity contribution in [2.75, 3.05) is 31.4 Å². The monoisotopic (exact) mass is 357 g/mol. The van der Waals surface area contributed by atoms with Crippen LogP contribution in [0.2, 0.25) is 0 Å². The molecule has 7 nitrogen and oxygen atoms in total. The molecule has 0 unspecified atom stereocenters. The van der Waals surface area contributed by atoms with Crippen LogP contribution in [0.25, 0.3) is 0 Å². The molecule has 3 N–H and O–H groups in total. The van der Waals surface area contributed by atoms with Gasteiger partial charge in [0.1, 0.15) is 0 Å². The number of benzene rings is 2. The lowest BCUT2D eigenvalue weighted by molar-refractivity contribution is -0.115. The molecule has 0 saturated carbocycles. The molecule has 0 aliphatic carbocycles. The van der Waals surface area contributed by atoms with Crippen molar-refractivity contribution in [1.82, 2.24) is 5.32 Å². The second-order valence-electron chi connectivity index (χ2n) is 5.62. The number of urea groups is 1. The Balaban J connectivity index is 2.00. The Morgan fingerprint density at radius 2 is 1.69 bits per heavy atom. The number of nitrogens with zero attached hydrogens (tertiary/aromatic N) is 1. The Hall–Kier alpha value is -3.22. The average Bonchev–Trinajstić information content (AvgIpc) is 2.63. The molecule has 3 amide bonds. The van der Waals surface area contributed by atoms with E-state index in [2.05, 4.69) is 5.32 Å². The third-order valence-electron chi connectivity index (χ3n) is 3.81. The van der Waals surface area contributed by atoms with E-state index < -0.39 is 6.03 Å². The molecule has 138 valence electrons. The number of nitrogens with two attached hydrogens (primary N) is 1. The zero-order valence-corrected chi connectivity index (χ0v) is 15.1. The molecule has 0 radical (unpaired) electrons. The molecule has 0 atom stereocenters. The van der Waals surface area contributed by atoms with Gasteiger partial charge in [0.15, 0.2) is 11.5 Å². The van der Waals surface area contributed by atoms with E-state index in [1.165, 1.54) is 6.92 Å². The summed E-state index contributed by atoms with van der Waals surface area (Å²) in [7, 11) is 3.14. The van der Waals surface area contributed by atoms with Gasteiger partial charge in [-0.2, -0.15) is 0 Å². The number of nitrogens with one attached hydrogen (secondary N) is 1. The number of carbonyl (C=O) groups is 2. The summed E-state index contributed by atoms with van der Waals surface area (Å²) >= 11 is 0. The van der Waals surface area contributed by atoms with Crippen molar-refractivity contribution in [2.24, 2.45) is 0 Å².